The molecule has 1 aliphatic heterocycles. The van der Waals surface area contributed by atoms with Gasteiger partial charge in [-0.25, -0.2) is 0 Å². The Kier molecular flexibility index (Phi) is 5.46. The fourth-order valence-corrected chi connectivity index (χ4v) is 1.77. The van der Waals surface area contributed by atoms with Gasteiger partial charge in [-0.3, -0.25) is 14.7 Å². The standard InChI is InChI=1S/C12H20N2O4/c1-8(13-3)4-5-14(7-16)12-11(17)9(2)10(6-15)18-12/h4-5,7,9-12,15,17H,6H2,1-3H3/b5-4-,13-8?. The summed E-state index contributed by atoms with van der Waals surface area (Å²) in [5, 5.41) is 19.1. The number of rotatable bonds is 5. The molecule has 1 saturated heterocycles. The van der Waals surface area contributed by atoms with E-state index >= 15 is 0 Å². The molecule has 1 heterocycles. The average molecular weight is 256 g/mol. The maximum Gasteiger partial charge on any atom is 0.215 e. The van der Waals surface area contributed by atoms with Gasteiger partial charge in [0.15, 0.2) is 6.23 Å². The van der Waals surface area contributed by atoms with E-state index in [4.69, 9.17) is 9.84 Å². The van der Waals surface area contributed by atoms with Crippen LogP contribution < -0.4 is 0 Å². The zero-order chi connectivity index (χ0) is 13.7. The van der Waals surface area contributed by atoms with E-state index in [1.165, 1.54) is 11.1 Å². The normalized spacial score (nSPS) is 33.1. The second-order valence-corrected chi connectivity index (χ2v) is 4.33. The van der Waals surface area contributed by atoms with Crippen molar-refractivity contribution in [1.82, 2.24) is 4.90 Å². The Balaban J connectivity index is 2.78. The number of amides is 1. The predicted octanol–water partition coefficient (Wildman–Crippen LogP) is -0.237. The summed E-state index contributed by atoms with van der Waals surface area (Å²) in [7, 11) is 1.65. The van der Waals surface area contributed by atoms with Gasteiger partial charge in [0.05, 0.1) is 12.7 Å². The van der Waals surface area contributed by atoms with E-state index in [9.17, 15) is 9.90 Å². The number of ether oxygens (including phenoxy) is 1. The van der Waals surface area contributed by atoms with Crippen LogP contribution in [-0.4, -0.2) is 59.3 Å². The summed E-state index contributed by atoms with van der Waals surface area (Å²) in [4.78, 5) is 16.2. The highest BCUT2D eigenvalue weighted by Crippen LogP contribution is 2.28. The molecular weight excluding hydrogens is 236 g/mol. The van der Waals surface area contributed by atoms with E-state index in [1.54, 1.807) is 27.0 Å². The molecule has 102 valence electrons. The van der Waals surface area contributed by atoms with E-state index in [1.807, 2.05) is 0 Å². The molecule has 1 rings (SSSR count). The Morgan fingerprint density at radius 2 is 2.22 bits per heavy atom. The van der Waals surface area contributed by atoms with Gasteiger partial charge in [0, 0.05) is 24.9 Å². The molecule has 0 aromatic carbocycles. The van der Waals surface area contributed by atoms with Crippen molar-refractivity contribution in [2.24, 2.45) is 10.9 Å². The van der Waals surface area contributed by atoms with Crippen LogP contribution in [-0.2, 0) is 9.53 Å². The highest BCUT2D eigenvalue weighted by atomic mass is 16.5. The van der Waals surface area contributed by atoms with Crippen LogP contribution in [0, 0.1) is 5.92 Å². The lowest BCUT2D eigenvalue weighted by atomic mass is 10.0. The van der Waals surface area contributed by atoms with Gasteiger partial charge < -0.3 is 14.9 Å². The molecule has 0 aromatic heterocycles. The molecule has 0 aromatic rings. The SMILES string of the molecule is CN=C(C)/C=C\N(C=O)C1OC(CO)C(C)C1O. The number of nitrogens with zero attached hydrogens (tertiary/aromatic N) is 2. The van der Waals surface area contributed by atoms with Gasteiger partial charge >= 0.3 is 0 Å². The number of aliphatic imine (C=N–C) groups is 1. The molecule has 0 radical (unpaired) electrons. The number of aliphatic hydroxyl groups excluding tert-OH is 2. The maximum absolute atomic E-state index is 11.0. The average Bonchev–Trinajstić information content (AvgIpc) is 2.67. The molecule has 0 spiro atoms. The number of hydrogen-bond donors (Lipinski definition) is 2. The zero-order valence-electron chi connectivity index (χ0n) is 10.9. The van der Waals surface area contributed by atoms with Crippen LogP contribution in [0.2, 0.25) is 0 Å². The van der Waals surface area contributed by atoms with Gasteiger partial charge in [0.25, 0.3) is 0 Å². The van der Waals surface area contributed by atoms with Gasteiger partial charge in [-0.1, -0.05) is 6.92 Å². The molecule has 1 amide bonds. The monoisotopic (exact) mass is 256 g/mol. The lowest BCUT2D eigenvalue weighted by Gasteiger charge is -2.23. The van der Waals surface area contributed by atoms with Crippen LogP contribution in [0.4, 0.5) is 0 Å². The highest BCUT2D eigenvalue weighted by Gasteiger charge is 2.42. The topological polar surface area (TPSA) is 82.4 Å². The first-order valence-corrected chi connectivity index (χ1v) is 5.83. The Hall–Kier alpha value is -1.24. The number of hydrogen-bond acceptors (Lipinski definition) is 5. The molecule has 4 atom stereocenters. The first kappa shape index (κ1) is 14.8. The summed E-state index contributed by atoms with van der Waals surface area (Å²) in [6, 6.07) is 0. The Morgan fingerprint density at radius 1 is 1.56 bits per heavy atom. The number of carbonyl (C=O) groups is 1. The zero-order valence-corrected chi connectivity index (χ0v) is 10.9. The number of allylic oxidation sites excluding steroid dienone is 1. The van der Waals surface area contributed by atoms with Gasteiger partial charge in [0.1, 0.15) is 6.10 Å². The van der Waals surface area contributed by atoms with Crippen LogP contribution in [0.1, 0.15) is 13.8 Å². The smallest absolute Gasteiger partial charge is 0.215 e. The Morgan fingerprint density at radius 3 is 2.67 bits per heavy atom. The minimum atomic E-state index is -0.823. The molecule has 2 N–H and O–H groups in total. The van der Waals surface area contributed by atoms with Crippen molar-refractivity contribution < 1.29 is 19.7 Å². The fourth-order valence-electron chi connectivity index (χ4n) is 1.77. The molecule has 6 nitrogen and oxygen atoms in total. The summed E-state index contributed by atoms with van der Waals surface area (Å²) in [6.07, 6.45) is 1.70. The quantitative estimate of drug-likeness (QED) is 0.525. The Bertz CT molecular complexity index is 343. The van der Waals surface area contributed by atoms with Crippen LogP contribution >= 0.6 is 0 Å². The summed E-state index contributed by atoms with van der Waals surface area (Å²) in [5.41, 5.74) is 0.751. The first-order valence-electron chi connectivity index (χ1n) is 5.83. The highest BCUT2D eigenvalue weighted by molar-refractivity contribution is 5.92. The molecule has 0 bridgehead atoms. The lowest BCUT2D eigenvalue weighted by Crippen LogP contribution is -2.38. The third-order valence-corrected chi connectivity index (χ3v) is 3.17. The maximum atomic E-state index is 11.0. The van der Waals surface area contributed by atoms with Gasteiger partial charge in [-0.2, -0.15) is 0 Å². The van der Waals surface area contributed by atoms with Crippen LogP contribution in [0.3, 0.4) is 0 Å². The lowest BCUT2D eigenvalue weighted by molar-refractivity contribution is -0.132. The minimum Gasteiger partial charge on any atom is -0.394 e. The van der Waals surface area contributed by atoms with Crippen LogP contribution in [0.25, 0.3) is 0 Å². The van der Waals surface area contributed by atoms with Gasteiger partial charge in [-0.05, 0) is 13.0 Å². The summed E-state index contributed by atoms with van der Waals surface area (Å²) in [6.45, 7) is 3.39. The molecule has 1 fully saturated rings. The van der Waals surface area contributed by atoms with Crippen LogP contribution in [0.15, 0.2) is 17.3 Å². The van der Waals surface area contributed by atoms with Gasteiger partial charge in [0.2, 0.25) is 6.41 Å². The van der Waals surface area contributed by atoms with Crippen LogP contribution in [0.5, 0.6) is 0 Å². The van der Waals surface area contributed by atoms with Crippen molar-refractivity contribution in [2.45, 2.75) is 32.3 Å². The first-order chi connectivity index (χ1) is 8.54. The van der Waals surface area contributed by atoms with Crippen molar-refractivity contribution in [3.05, 3.63) is 12.3 Å². The van der Waals surface area contributed by atoms with Crippen molar-refractivity contribution >= 4 is 12.1 Å². The van der Waals surface area contributed by atoms with E-state index < -0.39 is 18.4 Å². The summed E-state index contributed by atoms with van der Waals surface area (Å²) < 4.78 is 5.46. The third kappa shape index (κ3) is 3.16. The number of aliphatic hydroxyl groups is 2. The van der Waals surface area contributed by atoms with E-state index in [2.05, 4.69) is 4.99 Å². The largest absolute Gasteiger partial charge is 0.394 e. The predicted molar refractivity (Wildman–Crippen MR) is 67.0 cm³/mol. The second-order valence-electron chi connectivity index (χ2n) is 4.33. The van der Waals surface area contributed by atoms with E-state index in [-0.39, 0.29) is 12.5 Å². The molecular formula is C12H20N2O4. The van der Waals surface area contributed by atoms with Crippen molar-refractivity contribution in [3.8, 4) is 0 Å². The third-order valence-electron chi connectivity index (χ3n) is 3.17. The fraction of sp³-hybridized carbons (Fsp3) is 0.667. The van der Waals surface area contributed by atoms with Crippen molar-refractivity contribution in [3.63, 3.8) is 0 Å². The summed E-state index contributed by atoms with van der Waals surface area (Å²) in [5.74, 6) is -0.225. The van der Waals surface area contributed by atoms with Crippen molar-refractivity contribution in [1.29, 1.82) is 0 Å². The van der Waals surface area contributed by atoms with Crippen molar-refractivity contribution in [2.75, 3.05) is 13.7 Å². The second kappa shape index (κ2) is 6.63. The molecule has 4 unspecified atom stereocenters. The summed E-state index contributed by atoms with van der Waals surface area (Å²) >= 11 is 0. The molecule has 18 heavy (non-hydrogen) atoms. The minimum absolute atomic E-state index is 0.180. The Labute approximate surface area is 107 Å². The van der Waals surface area contributed by atoms with E-state index in [0.717, 1.165) is 5.71 Å². The molecule has 1 aliphatic rings. The number of carbonyl (C=O) groups excluding carboxylic acids is 1. The molecule has 6 heteroatoms. The molecule has 0 aliphatic carbocycles. The van der Waals surface area contributed by atoms with E-state index in [0.29, 0.717) is 6.41 Å². The van der Waals surface area contributed by atoms with Gasteiger partial charge in [-0.15, -0.1) is 0 Å². The molecule has 0 saturated carbocycles.